The molecule has 0 aliphatic carbocycles. The number of halogens is 2. The van der Waals surface area contributed by atoms with Gasteiger partial charge in [-0.1, -0.05) is 30.7 Å². The van der Waals surface area contributed by atoms with E-state index in [9.17, 15) is 4.39 Å². The van der Waals surface area contributed by atoms with Gasteiger partial charge in [0.05, 0.1) is 5.02 Å². The van der Waals surface area contributed by atoms with Gasteiger partial charge in [0.15, 0.2) is 0 Å². The molecule has 18 heavy (non-hydrogen) atoms. The van der Waals surface area contributed by atoms with Crippen molar-refractivity contribution in [3.05, 3.63) is 34.6 Å². The van der Waals surface area contributed by atoms with Gasteiger partial charge in [0.1, 0.15) is 5.82 Å². The van der Waals surface area contributed by atoms with Gasteiger partial charge in [-0.25, -0.2) is 4.39 Å². The van der Waals surface area contributed by atoms with E-state index >= 15 is 0 Å². The zero-order chi connectivity index (χ0) is 13.1. The minimum atomic E-state index is -0.339. The molecule has 2 nitrogen and oxygen atoms in total. The summed E-state index contributed by atoms with van der Waals surface area (Å²) in [6.07, 6.45) is 1.48. The Morgan fingerprint density at radius 3 is 3.06 bits per heavy atom. The molecule has 1 aliphatic heterocycles. The molecule has 1 fully saturated rings. The highest BCUT2D eigenvalue weighted by atomic mass is 35.5. The third-order valence-corrected chi connectivity index (χ3v) is 4.04. The predicted molar refractivity (Wildman–Crippen MR) is 71.2 cm³/mol. The van der Waals surface area contributed by atoms with Crippen LogP contribution in [0.1, 0.15) is 18.9 Å². The van der Waals surface area contributed by atoms with Gasteiger partial charge in [0.25, 0.3) is 0 Å². The van der Waals surface area contributed by atoms with Gasteiger partial charge in [-0.3, -0.25) is 0 Å². The monoisotopic (exact) mass is 271 g/mol. The Bertz CT molecular complexity index is 413. The molecule has 0 spiro atoms. The van der Waals surface area contributed by atoms with Crippen LogP contribution < -0.4 is 5.73 Å². The summed E-state index contributed by atoms with van der Waals surface area (Å²) in [7, 11) is 0. The van der Waals surface area contributed by atoms with E-state index in [0.717, 1.165) is 19.6 Å². The Balaban J connectivity index is 2.06. The Morgan fingerprint density at radius 2 is 2.33 bits per heavy atom. The predicted octanol–water partition coefficient (Wildman–Crippen LogP) is 3.02. The van der Waals surface area contributed by atoms with Crippen molar-refractivity contribution in [1.82, 2.24) is 0 Å². The van der Waals surface area contributed by atoms with E-state index in [0.29, 0.717) is 23.8 Å². The van der Waals surface area contributed by atoms with Crippen LogP contribution in [0, 0.1) is 17.7 Å². The van der Waals surface area contributed by atoms with Crippen LogP contribution in [0.3, 0.4) is 0 Å². The van der Waals surface area contributed by atoms with Gasteiger partial charge in [-0.2, -0.15) is 0 Å². The van der Waals surface area contributed by atoms with Crippen molar-refractivity contribution in [3.8, 4) is 0 Å². The van der Waals surface area contributed by atoms with E-state index in [1.165, 1.54) is 0 Å². The fraction of sp³-hybridized carbons (Fsp3) is 0.571. The smallest absolute Gasteiger partial charge is 0.145 e. The lowest BCUT2D eigenvalue weighted by Crippen LogP contribution is -2.41. The van der Waals surface area contributed by atoms with Crippen molar-refractivity contribution in [3.63, 3.8) is 0 Å². The van der Waals surface area contributed by atoms with Crippen LogP contribution in [0.15, 0.2) is 18.2 Å². The molecular weight excluding hydrogens is 253 g/mol. The van der Waals surface area contributed by atoms with Gasteiger partial charge < -0.3 is 10.5 Å². The second-order valence-corrected chi connectivity index (χ2v) is 5.49. The zero-order valence-electron chi connectivity index (χ0n) is 10.5. The molecule has 1 saturated heterocycles. The minimum Gasteiger partial charge on any atom is -0.381 e. The highest BCUT2D eigenvalue weighted by molar-refractivity contribution is 6.30. The second kappa shape index (κ2) is 6.00. The van der Waals surface area contributed by atoms with E-state index < -0.39 is 0 Å². The average Bonchev–Trinajstić information content (AvgIpc) is 2.35. The largest absolute Gasteiger partial charge is 0.381 e. The summed E-state index contributed by atoms with van der Waals surface area (Å²) >= 11 is 5.78. The molecule has 2 rings (SSSR count). The van der Waals surface area contributed by atoms with E-state index in [1.54, 1.807) is 18.2 Å². The maximum absolute atomic E-state index is 13.8. The van der Waals surface area contributed by atoms with E-state index in [2.05, 4.69) is 6.92 Å². The molecule has 4 heteroatoms. The van der Waals surface area contributed by atoms with Crippen LogP contribution in [0.5, 0.6) is 0 Å². The molecule has 0 bridgehead atoms. The fourth-order valence-electron chi connectivity index (χ4n) is 2.64. The van der Waals surface area contributed by atoms with E-state index in [4.69, 9.17) is 22.1 Å². The number of benzene rings is 1. The van der Waals surface area contributed by atoms with Crippen LogP contribution in [0.25, 0.3) is 0 Å². The molecule has 0 radical (unpaired) electrons. The van der Waals surface area contributed by atoms with Crippen molar-refractivity contribution >= 4 is 11.6 Å². The minimum absolute atomic E-state index is 0.0446. The molecule has 1 heterocycles. The first-order valence-electron chi connectivity index (χ1n) is 6.35. The van der Waals surface area contributed by atoms with Crippen molar-refractivity contribution in [2.45, 2.75) is 25.8 Å². The second-order valence-electron chi connectivity index (χ2n) is 5.09. The zero-order valence-corrected chi connectivity index (χ0v) is 11.3. The Hall–Kier alpha value is -0.640. The maximum atomic E-state index is 13.8. The van der Waals surface area contributed by atoms with Crippen molar-refractivity contribution in [2.75, 3.05) is 13.2 Å². The van der Waals surface area contributed by atoms with Crippen LogP contribution >= 0.6 is 11.6 Å². The van der Waals surface area contributed by atoms with Crippen LogP contribution in [0.2, 0.25) is 5.02 Å². The molecule has 0 saturated carbocycles. The van der Waals surface area contributed by atoms with Crippen LogP contribution in [-0.4, -0.2) is 19.3 Å². The van der Waals surface area contributed by atoms with Gasteiger partial charge in [0.2, 0.25) is 0 Å². The molecule has 0 aromatic heterocycles. The molecule has 2 N–H and O–H groups in total. The standard InChI is InChI=1S/C14H19ClFNO/c1-9-8-18-6-5-11(9)13(17)7-10-3-2-4-12(15)14(10)16/h2-4,9,11,13H,5-8,17H2,1H3. The molecule has 3 unspecified atom stereocenters. The lowest BCUT2D eigenvalue weighted by atomic mass is 9.81. The van der Waals surface area contributed by atoms with Gasteiger partial charge in [0, 0.05) is 19.3 Å². The third-order valence-electron chi connectivity index (χ3n) is 3.74. The van der Waals surface area contributed by atoms with Crippen LogP contribution in [0.4, 0.5) is 4.39 Å². The fourth-order valence-corrected chi connectivity index (χ4v) is 2.84. The maximum Gasteiger partial charge on any atom is 0.145 e. The first-order chi connectivity index (χ1) is 8.59. The lowest BCUT2D eigenvalue weighted by Gasteiger charge is -2.33. The van der Waals surface area contributed by atoms with E-state index in [1.807, 2.05) is 0 Å². The Kier molecular flexibility index (Phi) is 4.60. The van der Waals surface area contributed by atoms with Gasteiger partial charge in [-0.15, -0.1) is 0 Å². The summed E-state index contributed by atoms with van der Waals surface area (Å²) in [4.78, 5) is 0. The number of hydrogen-bond acceptors (Lipinski definition) is 2. The summed E-state index contributed by atoms with van der Waals surface area (Å²) in [5.41, 5.74) is 6.83. The molecule has 1 aromatic carbocycles. The highest BCUT2D eigenvalue weighted by Crippen LogP contribution is 2.27. The average molecular weight is 272 g/mol. The van der Waals surface area contributed by atoms with Crippen LogP contribution in [-0.2, 0) is 11.2 Å². The number of nitrogens with two attached hydrogens (primary N) is 1. The summed E-state index contributed by atoms with van der Waals surface area (Å²) in [5.74, 6) is 0.474. The number of hydrogen-bond donors (Lipinski definition) is 1. The Morgan fingerprint density at radius 1 is 1.56 bits per heavy atom. The van der Waals surface area contributed by atoms with Gasteiger partial charge in [-0.05, 0) is 36.3 Å². The Labute approximate surface area is 112 Å². The van der Waals surface area contributed by atoms with Gasteiger partial charge >= 0.3 is 0 Å². The SMILES string of the molecule is CC1COCCC1C(N)Cc1cccc(Cl)c1F. The summed E-state index contributed by atoms with van der Waals surface area (Å²) in [6, 6.07) is 5.03. The normalized spacial score (nSPS) is 26.0. The number of rotatable bonds is 3. The molecule has 1 aliphatic rings. The highest BCUT2D eigenvalue weighted by Gasteiger charge is 2.28. The van der Waals surface area contributed by atoms with E-state index in [-0.39, 0.29) is 16.9 Å². The summed E-state index contributed by atoms with van der Waals surface area (Å²) in [6.45, 7) is 3.63. The van der Waals surface area contributed by atoms with Crippen molar-refractivity contribution in [1.29, 1.82) is 0 Å². The quantitative estimate of drug-likeness (QED) is 0.917. The molecule has 3 atom stereocenters. The third kappa shape index (κ3) is 3.02. The lowest BCUT2D eigenvalue weighted by molar-refractivity contribution is 0.0156. The summed E-state index contributed by atoms with van der Waals surface area (Å²) in [5, 5.41) is 0.166. The molecule has 0 amide bonds. The van der Waals surface area contributed by atoms with Crippen molar-refractivity contribution in [2.24, 2.45) is 17.6 Å². The molecule has 100 valence electrons. The molecular formula is C14H19ClFNO. The summed E-state index contributed by atoms with van der Waals surface area (Å²) < 4.78 is 19.2. The topological polar surface area (TPSA) is 35.2 Å². The molecule has 1 aromatic rings. The first-order valence-corrected chi connectivity index (χ1v) is 6.73. The number of ether oxygens (including phenoxy) is 1. The first kappa shape index (κ1) is 13.8. The van der Waals surface area contributed by atoms with Crippen molar-refractivity contribution < 1.29 is 9.13 Å².